The average molecular weight is 280 g/mol. The van der Waals surface area contributed by atoms with Crippen molar-refractivity contribution in [1.82, 2.24) is 10.6 Å². The molecule has 1 aliphatic carbocycles. The van der Waals surface area contributed by atoms with Crippen LogP contribution in [0, 0.1) is 0 Å². The second-order valence-corrected chi connectivity index (χ2v) is 6.66. The molecule has 2 N–H and O–H groups in total. The van der Waals surface area contributed by atoms with Crippen LogP contribution in [0.25, 0.3) is 0 Å². The summed E-state index contributed by atoms with van der Waals surface area (Å²) in [5.74, 6) is 0.0958. The quantitative estimate of drug-likeness (QED) is 0.841. The lowest BCUT2D eigenvalue weighted by atomic mass is 10.2. The molecule has 0 fully saturated rings. The number of amides is 1. The van der Waals surface area contributed by atoms with Crippen LogP contribution in [0.4, 0.5) is 0 Å². The van der Waals surface area contributed by atoms with Gasteiger partial charge in [0.1, 0.15) is 0 Å². The predicted octanol–water partition coefficient (Wildman–Crippen LogP) is 2.63. The molecule has 4 heteroatoms. The van der Waals surface area contributed by atoms with Gasteiger partial charge in [-0.15, -0.1) is 11.3 Å². The summed E-state index contributed by atoms with van der Waals surface area (Å²) in [7, 11) is 0. The average Bonchev–Trinajstić information content (AvgIpc) is 2.96. The number of hydrogen-bond donors (Lipinski definition) is 2. The Bertz CT molecular complexity index is 420. The molecule has 3 nitrogen and oxygen atoms in total. The van der Waals surface area contributed by atoms with E-state index in [1.165, 1.54) is 29.7 Å². The van der Waals surface area contributed by atoms with Gasteiger partial charge in [0.25, 0.3) is 0 Å². The molecule has 19 heavy (non-hydrogen) atoms. The van der Waals surface area contributed by atoms with Crippen LogP contribution in [0.1, 0.15) is 48.9 Å². The Morgan fingerprint density at radius 2 is 2.21 bits per heavy atom. The van der Waals surface area contributed by atoms with Gasteiger partial charge in [-0.05, 0) is 51.2 Å². The fourth-order valence-corrected chi connectivity index (χ4v) is 3.51. The van der Waals surface area contributed by atoms with E-state index >= 15 is 0 Å². The van der Waals surface area contributed by atoms with Crippen molar-refractivity contribution in [3.05, 3.63) is 21.4 Å². The van der Waals surface area contributed by atoms with Crippen LogP contribution in [0.3, 0.4) is 0 Å². The summed E-state index contributed by atoms with van der Waals surface area (Å²) in [5, 5.41) is 6.32. The highest BCUT2D eigenvalue weighted by Crippen LogP contribution is 2.30. The van der Waals surface area contributed by atoms with E-state index in [0.717, 1.165) is 13.0 Å². The van der Waals surface area contributed by atoms with E-state index in [9.17, 15) is 4.79 Å². The summed E-state index contributed by atoms with van der Waals surface area (Å²) >= 11 is 1.90. The molecule has 106 valence electrons. The Morgan fingerprint density at radius 1 is 1.42 bits per heavy atom. The minimum Gasteiger partial charge on any atom is -0.352 e. The van der Waals surface area contributed by atoms with Crippen molar-refractivity contribution >= 4 is 17.2 Å². The van der Waals surface area contributed by atoms with Gasteiger partial charge < -0.3 is 10.6 Å². The van der Waals surface area contributed by atoms with Crippen molar-refractivity contribution in [3.8, 4) is 0 Å². The van der Waals surface area contributed by atoms with Crippen LogP contribution in [-0.4, -0.2) is 18.0 Å². The molecule has 0 spiro atoms. The summed E-state index contributed by atoms with van der Waals surface area (Å²) in [6, 6.07) is 2.42. The third-order valence-electron chi connectivity index (χ3n) is 3.77. The largest absolute Gasteiger partial charge is 0.352 e. The van der Waals surface area contributed by atoms with Gasteiger partial charge in [-0.2, -0.15) is 0 Å². The van der Waals surface area contributed by atoms with Gasteiger partial charge in [-0.25, -0.2) is 0 Å². The van der Waals surface area contributed by atoms with Crippen LogP contribution in [0.2, 0.25) is 0 Å². The fraction of sp³-hybridized carbons (Fsp3) is 0.667. The maximum atomic E-state index is 11.9. The smallest absolute Gasteiger partial charge is 0.237 e. The number of hydrogen-bond acceptors (Lipinski definition) is 3. The first-order valence-electron chi connectivity index (χ1n) is 7.24. The maximum Gasteiger partial charge on any atom is 0.237 e. The first-order valence-corrected chi connectivity index (χ1v) is 8.06. The number of aryl methyl sites for hydroxylation is 2. The molecule has 1 aromatic rings. The number of thiophene rings is 1. The molecule has 2 atom stereocenters. The molecule has 0 aromatic carbocycles. The van der Waals surface area contributed by atoms with Gasteiger partial charge in [-0.1, -0.05) is 6.92 Å². The van der Waals surface area contributed by atoms with Crippen LogP contribution >= 0.6 is 11.3 Å². The SMILES string of the molecule is CCC(C)NC(=O)C(C)NCc1cc2c(s1)CCC2. The van der Waals surface area contributed by atoms with Gasteiger partial charge in [0.05, 0.1) is 6.04 Å². The van der Waals surface area contributed by atoms with Crippen LogP contribution in [0.15, 0.2) is 6.07 Å². The Labute approximate surface area is 119 Å². The highest BCUT2D eigenvalue weighted by atomic mass is 32.1. The van der Waals surface area contributed by atoms with E-state index in [1.807, 2.05) is 25.2 Å². The zero-order valence-corrected chi connectivity index (χ0v) is 12.9. The maximum absolute atomic E-state index is 11.9. The lowest BCUT2D eigenvalue weighted by Crippen LogP contribution is -2.44. The third kappa shape index (κ3) is 3.80. The molecule has 1 aliphatic rings. The molecular formula is C15H24N2OS. The van der Waals surface area contributed by atoms with Crippen molar-refractivity contribution in [1.29, 1.82) is 0 Å². The summed E-state index contributed by atoms with van der Waals surface area (Å²) < 4.78 is 0. The zero-order valence-electron chi connectivity index (χ0n) is 12.1. The highest BCUT2D eigenvalue weighted by molar-refractivity contribution is 7.12. The lowest BCUT2D eigenvalue weighted by Gasteiger charge is -2.17. The van der Waals surface area contributed by atoms with Gasteiger partial charge in [0, 0.05) is 22.3 Å². The summed E-state index contributed by atoms with van der Waals surface area (Å²) in [6.07, 6.45) is 4.75. The Kier molecular flexibility index (Phi) is 4.99. The third-order valence-corrected chi connectivity index (χ3v) is 5.01. The molecule has 1 amide bonds. The Morgan fingerprint density at radius 3 is 2.89 bits per heavy atom. The second kappa shape index (κ2) is 6.53. The molecule has 1 heterocycles. The van der Waals surface area contributed by atoms with E-state index in [4.69, 9.17) is 0 Å². The number of fused-ring (bicyclic) bond motifs is 1. The summed E-state index contributed by atoms with van der Waals surface area (Å²) in [4.78, 5) is 14.8. The lowest BCUT2D eigenvalue weighted by molar-refractivity contribution is -0.123. The molecule has 0 aliphatic heterocycles. The van der Waals surface area contributed by atoms with Crippen molar-refractivity contribution in [3.63, 3.8) is 0 Å². The normalized spacial score (nSPS) is 17.0. The van der Waals surface area contributed by atoms with E-state index in [0.29, 0.717) is 0 Å². The van der Waals surface area contributed by atoms with Gasteiger partial charge >= 0.3 is 0 Å². The zero-order chi connectivity index (χ0) is 13.8. The van der Waals surface area contributed by atoms with E-state index in [-0.39, 0.29) is 18.0 Å². The van der Waals surface area contributed by atoms with Crippen molar-refractivity contribution in [2.75, 3.05) is 0 Å². The first-order chi connectivity index (χ1) is 9.10. The minimum absolute atomic E-state index is 0.0958. The molecule has 1 aromatic heterocycles. The highest BCUT2D eigenvalue weighted by Gasteiger charge is 2.17. The fourth-order valence-electron chi connectivity index (χ4n) is 2.29. The topological polar surface area (TPSA) is 41.1 Å². The molecule has 0 saturated heterocycles. The van der Waals surface area contributed by atoms with Crippen LogP contribution < -0.4 is 10.6 Å². The number of carbonyl (C=O) groups is 1. The first kappa shape index (κ1) is 14.5. The second-order valence-electron chi connectivity index (χ2n) is 5.44. The summed E-state index contributed by atoms with van der Waals surface area (Å²) in [6.45, 7) is 6.84. The van der Waals surface area contributed by atoms with E-state index < -0.39 is 0 Å². The van der Waals surface area contributed by atoms with Crippen molar-refractivity contribution in [2.24, 2.45) is 0 Å². The molecular weight excluding hydrogens is 256 g/mol. The summed E-state index contributed by atoms with van der Waals surface area (Å²) in [5.41, 5.74) is 1.53. The number of nitrogens with one attached hydrogen (secondary N) is 2. The molecule has 0 bridgehead atoms. The standard InChI is InChI=1S/C15H24N2OS/c1-4-10(2)17-15(18)11(3)16-9-13-8-12-6-5-7-14(12)19-13/h8,10-11,16H,4-7,9H2,1-3H3,(H,17,18). The number of carbonyl (C=O) groups excluding carboxylic acids is 1. The molecule has 0 radical (unpaired) electrons. The van der Waals surface area contributed by atoms with Gasteiger partial charge in [0.15, 0.2) is 0 Å². The molecule has 2 rings (SSSR count). The molecule has 0 saturated carbocycles. The van der Waals surface area contributed by atoms with Gasteiger partial charge in [-0.3, -0.25) is 4.79 Å². The van der Waals surface area contributed by atoms with Crippen molar-refractivity contribution < 1.29 is 4.79 Å². The van der Waals surface area contributed by atoms with E-state index in [1.54, 1.807) is 4.88 Å². The minimum atomic E-state index is -0.133. The van der Waals surface area contributed by atoms with E-state index in [2.05, 4.69) is 23.6 Å². The van der Waals surface area contributed by atoms with Crippen LogP contribution in [-0.2, 0) is 24.2 Å². The van der Waals surface area contributed by atoms with Crippen molar-refractivity contribution in [2.45, 2.75) is 65.1 Å². The predicted molar refractivity (Wildman–Crippen MR) is 80.5 cm³/mol. The number of rotatable bonds is 6. The monoisotopic (exact) mass is 280 g/mol. The van der Waals surface area contributed by atoms with Crippen LogP contribution in [0.5, 0.6) is 0 Å². The Balaban J connectivity index is 1.79. The Hall–Kier alpha value is -0.870. The van der Waals surface area contributed by atoms with Gasteiger partial charge in [0.2, 0.25) is 5.91 Å². The molecule has 2 unspecified atom stereocenters.